The first-order valence-corrected chi connectivity index (χ1v) is 16.4. The van der Waals surface area contributed by atoms with Crippen molar-refractivity contribution in [3.8, 4) is 56.0 Å². The van der Waals surface area contributed by atoms with Gasteiger partial charge in [0.05, 0.1) is 17.0 Å². The van der Waals surface area contributed by atoms with E-state index in [0.717, 1.165) is 62.6 Å². The third kappa shape index (κ3) is 4.05. The SMILES string of the molecule is Cc1c(-c2c(-c3ccccc3)nnnc2-c2c(-c3ccccc3)ccc3sc4ccccc4c23)nc2c(c1C)-c1ccccc1C2. The first-order chi connectivity index (χ1) is 22.7. The third-order valence-electron chi connectivity index (χ3n) is 9.38. The van der Waals surface area contributed by atoms with Crippen LogP contribution in [0.15, 0.2) is 121 Å². The summed E-state index contributed by atoms with van der Waals surface area (Å²) in [6, 6.07) is 42.7. The Labute approximate surface area is 271 Å². The molecule has 1 aliphatic carbocycles. The Hall–Kier alpha value is -5.52. The topological polar surface area (TPSA) is 51.6 Å². The van der Waals surface area contributed by atoms with Crippen LogP contribution in [0.1, 0.15) is 22.4 Å². The molecule has 218 valence electrons. The molecule has 5 heteroatoms. The highest BCUT2D eigenvalue weighted by Gasteiger charge is 2.29. The normalized spacial score (nSPS) is 12.0. The predicted molar refractivity (Wildman–Crippen MR) is 190 cm³/mol. The van der Waals surface area contributed by atoms with E-state index in [9.17, 15) is 0 Å². The summed E-state index contributed by atoms with van der Waals surface area (Å²) in [5.74, 6) is 0. The first kappa shape index (κ1) is 26.8. The first-order valence-electron chi connectivity index (χ1n) is 15.5. The fourth-order valence-electron chi connectivity index (χ4n) is 7.13. The van der Waals surface area contributed by atoms with Gasteiger partial charge < -0.3 is 0 Å². The molecule has 0 bridgehead atoms. The Morgan fingerprint density at radius 2 is 1.22 bits per heavy atom. The van der Waals surface area contributed by atoms with Gasteiger partial charge in [-0.25, -0.2) is 0 Å². The molecule has 0 fully saturated rings. The van der Waals surface area contributed by atoms with Crippen molar-refractivity contribution in [1.82, 2.24) is 20.4 Å². The molecule has 0 saturated heterocycles. The molecule has 0 unspecified atom stereocenters. The van der Waals surface area contributed by atoms with Crippen LogP contribution in [0.25, 0.3) is 76.2 Å². The van der Waals surface area contributed by atoms with Crippen LogP contribution in [0.4, 0.5) is 0 Å². The van der Waals surface area contributed by atoms with E-state index in [1.807, 2.05) is 29.5 Å². The van der Waals surface area contributed by atoms with E-state index in [0.29, 0.717) is 0 Å². The molecule has 0 spiro atoms. The number of aromatic nitrogens is 4. The molecule has 46 heavy (non-hydrogen) atoms. The summed E-state index contributed by atoms with van der Waals surface area (Å²) in [5.41, 5.74) is 15.0. The average molecular weight is 609 g/mol. The molecule has 1 aliphatic rings. The zero-order chi connectivity index (χ0) is 30.8. The van der Waals surface area contributed by atoms with E-state index in [1.54, 1.807) is 0 Å². The fourth-order valence-corrected chi connectivity index (χ4v) is 8.24. The highest BCUT2D eigenvalue weighted by Crippen LogP contribution is 2.49. The van der Waals surface area contributed by atoms with Gasteiger partial charge in [0, 0.05) is 43.3 Å². The minimum absolute atomic E-state index is 0.784. The van der Waals surface area contributed by atoms with Gasteiger partial charge in [0.1, 0.15) is 11.4 Å². The van der Waals surface area contributed by atoms with Gasteiger partial charge in [0.2, 0.25) is 0 Å². The average Bonchev–Trinajstić information content (AvgIpc) is 3.68. The number of rotatable bonds is 4. The zero-order valence-corrected chi connectivity index (χ0v) is 26.3. The summed E-state index contributed by atoms with van der Waals surface area (Å²) in [4.78, 5) is 5.50. The fraction of sp³-hybridized carbons (Fsp3) is 0.0732. The zero-order valence-electron chi connectivity index (χ0n) is 25.5. The summed E-state index contributed by atoms with van der Waals surface area (Å²) >= 11 is 1.81. The summed E-state index contributed by atoms with van der Waals surface area (Å²) < 4.78 is 2.46. The van der Waals surface area contributed by atoms with E-state index in [4.69, 9.17) is 15.2 Å². The lowest BCUT2D eigenvalue weighted by Gasteiger charge is -2.20. The lowest BCUT2D eigenvalue weighted by Crippen LogP contribution is -2.06. The second-order valence-electron chi connectivity index (χ2n) is 11.9. The van der Waals surface area contributed by atoms with Gasteiger partial charge in [0.25, 0.3) is 0 Å². The Balaban J connectivity index is 1.43. The van der Waals surface area contributed by atoms with E-state index in [2.05, 4.69) is 122 Å². The van der Waals surface area contributed by atoms with Crippen molar-refractivity contribution in [2.24, 2.45) is 0 Å². The maximum atomic E-state index is 5.50. The Kier molecular flexibility index (Phi) is 6.15. The predicted octanol–water partition coefficient (Wildman–Crippen LogP) is 10.5. The highest BCUT2D eigenvalue weighted by atomic mass is 32.1. The Morgan fingerprint density at radius 3 is 2.04 bits per heavy atom. The standard InChI is InChI=1S/C41H28N4S/c1-24-25(2)39(42-32-23-28-17-9-10-18-29(28)35(24)32)38-40(27-15-7-4-8-16-27)43-45-44-41(38)37-30(26-13-5-3-6-14-26)21-22-34-36(37)31-19-11-12-20-33(31)46-34/h3-22H,23H2,1-2H3. The van der Waals surface area contributed by atoms with Crippen LogP contribution in [0.3, 0.4) is 0 Å². The molecule has 0 atom stereocenters. The van der Waals surface area contributed by atoms with Crippen LogP contribution >= 0.6 is 11.3 Å². The summed E-state index contributed by atoms with van der Waals surface area (Å²) in [6.45, 7) is 4.42. The van der Waals surface area contributed by atoms with Gasteiger partial charge in [-0.2, -0.15) is 0 Å². The summed E-state index contributed by atoms with van der Waals surface area (Å²) in [5, 5.41) is 16.6. The Bertz CT molecular complexity index is 2460. The van der Waals surface area contributed by atoms with Crippen molar-refractivity contribution >= 4 is 31.5 Å². The van der Waals surface area contributed by atoms with Gasteiger partial charge in [-0.1, -0.05) is 109 Å². The maximum absolute atomic E-state index is 5.50. The quantitative estimate of drug-likeness (QED) is 0.199. The molecular weight excluding hydrogens is 581 g/mol. The van der Waals surface area contributed by atoms with E-state index < -0.39 is 0 Å². The van der Waals surface area contributed by atoms with Gasteiger partial charge in [0.15, 0.2) is 0 Å². The molecule has 3 aromatic heterocycles. The molecule has 3 heterocycles. The van der Waals surface area contributed by atoms with E-state index in [1.165, 1.54) is 42.4 Å². The maximum Gasteiger partial charge on any atom is 0.108 e. The number of thiophene rings is 1. The van der Waals surface area contributed by atoms with Gasteiger partial charge in [-0.3, -0.25) is 4.98 Å². The van der Waals surface area contributed by atoms with Crippen molar-refractivity contribution in [2.75, 3.05) is 0 Å². The van der Waals surface area contributed by atoms with Gasteiger partial charge in [-0.15, -0.1) is 21.5 Å². The molecule has 0 aliphatic heterocycles. The summed E-state index contributed by atoms with van der Waals surface area (Å²) in [7, 11) is 0. The molecule has 5 aromatic carbocycles. The second kappa shape index (κ2) is 10.5. The van der Waals surface area contributed by atoms with Gasteiger partial charge >= 0.3 is 0 Å². The van der Waals surface area contributed by atoms with Crippen LogP contribution < -0.4 is 0 Å². The van der Waals surface area contributed by atoms with Crippen LogP contribution in [0.2, 0.25) is 0 Å². The number of hydrogen-bond donors (Lipinski definition) is 0. The highest BCUT2D eigenvalue weighted by molar-refractivity contribution is 7.26. The van der Waals surface area contributed by atoms with Crippen molar-refractivity contribution in [3.05, 3.63) is 144 Å². The van der Waals surface area contributed by atoms with Crippen LogP contribution in [-0.4, -0.2) is 20.4 Å². The molecule has 9 rings (SSSR count). The van der Waals surface area contributed by atoms with E-state index in [-0.39, 0.29) is 0 Å². The summed E-state index contributed by atoms with van der Waals surface area (Å²) in [6.07, 6.45) is 0.807. The molecule has 4 nitrogen and oxygen atoms in total. The number of fused-ring (bicyclic) bond motifs is 6. The lowest BCUT2D eigenvalue weighted by molar-refractivity contribution is 0.877. The van der Waals surface area contributed by atoms with Crippen LogP contribution in [-0.2, 0) is 6.42 Å². The number of nitrogens with zero attached hydrogens (tertiary/aromatic N) is 4. The number of hydrogen-bond acceptors (Lipinski definition) is 5. The monoisotopic (exact) mass is 608 g/mol. The largest absolute Gasteiger partial charge is 0.251 e. The minimum Gasteiger partial charge on any atom is -0.251 e. The molecular formula is C41H28N4S. The Morgan fingerprint density at radius 1 is 0.522 bits per heavy atom. The van der Waals surface area contributed by atoms with Crippen molar-refractivity contribution < 1.29 is 0 Å². The van der Waals surface area contributed by atoms with Crippen LogP contribution in [0, 0.1) is 13.8 Å². The van der Waals surface area contributed by atoms with Crippen molar-refractivity contribution in [2.45, 2.75) is 20.3 Å². The molecule has 0 amide bonds. The third-order valence-corrected chi connectivity index (χ3v) is 10.5. The van der Waals surface area contributed by atoms with Crippen molar-refractivity contribution in [1.29, 1.82) is 0 Å². The molecule has 8 aromatic rings. The number of pyridine rings is 1. The van der Waals surface area contributed by atoms with Gasteiger partial charge in [-0.05, 0) is 64.6 Å². The minimum atomic E-state index is 0.784. The van der Waals surface area contributed by atoms with Crippen molar-refractivity contribution in [3.63, 3.8) is 0 Å². The second-order valence-corrected chi connectivity index (χ2v) is 13.0. The van der Waals surface area contributed by atoms with E-state index >= 15 is 0 Å². The molecule has 0 N–H and O–H groups in total. The molecule has 0 radical (unpaired) electrons. The lowest BCUT2D eigenvalue weighted by atomic mass is 9.87. The number of benzene rings is 5. The molecule has 0 saturated carbocycles. The van der Waals surface area contributed by atoms with Crippen LogP contribution in [0.5, 0.6) is 0 Å². The smallest absolute Gasteiger partial charge is 0.108 e.